The van der Waals surface area contributed by atoms with Gasteiger partial charge in [0, 0.05) is 35.6 Å². The maximum absolute atomic E-state index is 13.0. The van der Waals surface area contributed by atoms with Gasteiger partial charge < -0.3 is 10.2 Å². The van der Waals surface area contributed by atoms with Crippen molar-refractivity contribution in [3.8, 4) is 0 Å². The summed E-state index contributed by atoms with van der Waals surface area (Å²) in [6.07, 6.45) is 1.38. The fourth-order valence-electron chi connectivity index (χ4n) is 3.37. The molecule has 1 fully saturated rings. The van der Waals surface area contributed by atoms with Crippen molar-refractivity contribution in [3.05, 3.63) is 84.2 Å². The molecule has 0 saturated carbocycles. The molecule has 3 aromatic rings. The molecule has 32 heavy (non-hydrogen) atoms. The highest BCUT2D eigenvalue weighted by Crippen LogP contribution is 2.23. The Morgan fingerprint density at radius 3 is 2.09 bits per heavy atom. The number of benzene rings is 3. The van der Waals surface area contributed by atoms with Crippen LogP contribution in [0.1, 0.15) is 23.2 Å². The molecule has 2 amide bonds. The standard InChI is InChI=1S/C23H20FN3O4S/c24-17-5-7-19(8-6-17)26-32(30,31)21-13-3-16(4-14-21)23(29)25-18-9-11-20(12-10-18)27-15-1-2-22(27)28/h3-14,26H,1-2,15H2,(H,25,29). The third-order valence-electron chi connectivity index (χ3n) is 5.03. The number of sulfonamides is 1. The molecule has 0 aliphatic carbocycles. The fourth-order valence-corrected chi connectivity index (χ4v) is 4.43. The average molecular weight is 453 g/mol. The van der Waals surface area contributed by atoms with E-state index in [1.165, 1.54) is 36.4 Å². The quantitative estimate of drug-likeness (QED) is 0.590. The SMILES string of the molecule is O=C(Nc1ccc(N2CCCC2=O)cc1)c1ccc(S(=O)(=O)Nc2ccc(F)cc2)cc1. The highest BCUT2D eigenvalue weighted by Gasteiger charge is 2.21. The van der Waals surface area contributed by atoms with Crippen molar-refractivity contribution in [2.24, 2.45) is 0 Å². The number of carbonyl (C=O) groups is 2. The molecule has 0 bridgehead atoms. The molecule has 0 aromatic heterocycles. The molecular formula is C23H20FN3O4S. The summed E-state index contributed by atoms with van der Waals surface area (Å²) in [6, 6.07) is 17.4. The monoisotopic (exact) mass is 453 g/mol. The summed E-state index contributed by atoms with van der Waals surface area (Å²) in [7, 11) is -3.88. The fraction of sp³-hybridized carbons (Fsp3) is 0.130. The van der Waals surface area contributed by atoms with Crippen LogP contribution in [0.4, 0.5) is 21.5 Å². The van der Waals surface area contributed by atoms with E-state index < -0.39 is 21.7 Å². The molecule has 7 nitrogen and oxygen atoms in total. The van der Waals surface area contributed by atoms with Crippen LogP contribution in [0.3, 0.4) is 0 Å². The molecule has 0 unspecified atom stereocenters. The Kier molecular flexibility index (Phi) is 5.91. The Balaban J connectivity index is 1.41. The summed E-state index contributed by atoms with van der Waals surface area (Å²) in [6.45, 7) is 0.690. The summed E-state index contributed by atoms with van der Waals surface area (Å²) >= 11 is 0. The number of anilines is 3. The van der Waals surface area contributed by atoms with Gasteiger partial charge in [0.05, 0.1) is 4.90 Å². The number of nitrogens with zero attached hydrogens (tertiary/aromatic N) is 1. The predicted octanol–water partition coefficient (Wildman–Crippen LogP) is 4.01. The smallest absolute Gasteiger partial charge is 0.261 e. The second kappa shape index (κ2) is 8.80. The Morgan fingerprint density at radius 1 is 0.875 bits per heavy atom. The van der Waals surface area contributed by atoms with E-state index in [1.807, 2.05) is 0 Å². The van der Waals surface area contributed by atoms with Gasteiger partial charge in [-0.05, 0) is 79.2 Å². The molecule has 0 atom stereocenters. The first-order chi connectivity index (χ1) is 15.3. The Bertz CT molecular complexity index is 1240. The van der Waals surface area contributed by atoms with E-state index in [0.717, 1.165) is 24.2 Å². The molecule has 164 valence electrons. The van der Waals surface area contributed by atoms with Gasteiger partial charge in [-0.1, -0.05) is 0 Å². The van der Waals surface area contributed by atoms with Crippen LogP contribution < -0.4 is 14.9 Å². The average Bonchev–Trinajstić information content (AvgIpc) is 3.22. The number of hydrogen-bond donors (Lipinski definition) is 2. The molecule has 9 heteroatoms. The van der Waals surface area contributed by atoms with E-state index in [-0.39, 0.29) is 22.1 Å². The number of amides is 2. The maximum Gasteiger partial charge on any atom is 0.261 e. The molecule has 1 heterocycles. The van der Waals surface area contributed by atoms with Crippen molar-refractivity contribution < 1.29 is 22.4 Å². The molecule has 4 rings (SSSR count). The van der Waals surface area contributed by atoms with Crippen molar-refractivity contribution >= 4 is 38.9 Å². The van der Waals surface area contributed by atoms with E-state index in [9.17, 15) is 22.4 Å². The van der Waals surface area contributed by atoms with Gasteiger partial charge in [0.25, 0.3) is 15.9 Å². The van der Waals surface area contributed by atoms with Crippen molar-refractivity contribution in [1.82, 2.24) is 0 Å². The summed E-state index contributed by atoms with van der Waals surface area (Å²) in [5, 5.41) is 2.75. The van der Waals surface area contributed by atoms with E-state index in [4.69, 9.17) is 0 Å². The lowest BCUT2D eigenvalue weighted by Crippen LogP contribution is -2.23. The molecule has 1 aliphatic rings. The number of rotatable bonds is 6. The van der Waals surface area contributed by atoms with Crippen LogP contribution >= 0.6 is 0 Å². The van der Waals surface area contributed by atoms with Gasteiger partial charge in [0.1, 0.15) is 5.82 Å². The van der Waals surface area contributed by atoms with Gasteiger partial charge in [-0.25, -0.2) is 12.8 Å². The topological polar surface area (TPSA) is 95.6 Å². The van der Waals surface area contributed by atoms with E-state index >= 15 is 0 Å². The number of halogens is 1. The highest BCUT2D eigenvalue weighted by atomic mass is 32.2. The molecule has 0 radical (unpaired) electrons. The van der Waals surface area contributed by atoms with Gasteiger partial charge in [-0.2, -0.15) is 0 Å². The van der Waals surface area contributed by atoms with Crippen LogP contribution in [0, 0.1) is 5.82 Å². The molecule has 1 saturated heterocycles. The molecule has 0 spiro atoms. The van der Waals surface area contributed by atoms with Crippen molar-refractivity contribution in [2.75, 3.05) is 21.5 Å². The first kappa shape index (κ1) is 21.5. The Labute approximate surface area is 184 Å². The number of carbonyl (C=O) groups excluding carboxylic acids is 2. The van der Waals surface area contributed by atoms with Crippen LogP contribution in [0.15, 0.2) is 77.7 Å². The van der Waals surface area contributed by atoms with E-state index in [0.29, 0.717) is 18.7 Å². The zero-order chi connectivity index (χ0) is 22.7. The van der Waals surface area contributed by atoms with Crippen molar-refractivity contribution in [3.63, 3.8) is 0 Å². The van der Waals surface area contributed by atoms with Crippen LogP contribution in [0.5, 0.6) is 0 Å². The second-order valence-corrected chi connectivity index (χ2v) is 8.97. The molecule has 2 N–H and O–H groups in total. The summed E-state index contributed by atoms with van der Waals surface area (Å²) < 4.78 is 40.3. The lowest BCUT2D eigenvalue weighted by Gasteiger charge is -2.16. The molecule has 1 aliphatic heterocycles. The summed E-state index contributed by atoms with van der Waals surface area (Å²) in [5.74, 6) is -0.779. The van der Waals surface area contributed by atoms with Crippen molar-refractivity contribution in [2.45, 2.75) is 17.7 Å². The zero-order valence-electron chi connectivity index (χ0n) is 16.9. The van der Waals surface area contributed by atoms with Gasteiger partial charge in [-0.15, -0.1) is 0 Å². The lowest BCUT2D eigenvalue weighted by atomic mass is 10.2. The minimum absolute atomic E-state index is 0.0296. The third-order valence-corrected chi connectivity index (χ3v) is 6.43. The van der Waals surface area contributed by atoms with Gasteiger partial charge in [0.2, 0.25) is 5.91 Å². The predicted molar refractivity (Wildman–Crippen MR) is 120 cm³/mol. The highest BCUT2D eigenvalue weighted by molar-refractivity contribution is 7.92. The summed E-state index contributed by atoms with van der Waals surface area (Å²) in [5.41, 5.74) is 1.85. The lowest BCUT2D eigenvalue weighted by molar-refractivity contribution is -0.117. The van der Waals surface area contributed by atoms with Crippen LogP contribution in [0.2, 0.25) is 0 Å². The largest absolute Gasteiger partial charge is 0.322 e. The summed E-state index contributed by atoms with van der Waals surface area (Å²) in [4.78, 5) is 26.0. The van der Waals surface area contributed by atoms with E-state index in [2.05, 4.69) is 10.0 Å². The first-order valence-electron chi connectivity index (χ1n) is 9.92. The number of nitrogens with one attached hydrogen (secondary N) is 2. The Hall–Kier alpha value is -3.72. The van der Waals surface area contributed by atoms with Gasteiger partial charge in [-0.3, -0.25) is 14.3 Å². The van der Waals surface area contributed by atoms with Crippen LogP contribution in [-0.4, -0.2) is 26.8 Å². The Morgan fingerprint density at radius 2 is 1.50 bits per heavy atom. The minimum atomic E-state index is -3.88. The van der Waals surface area contributed by atoms with Crippen molar-refractivity contribution in [1.29, 1.82) is 0 Å². The second-order valence-electron chi connectivity index (χ2n) is 7.29. The van der Waals surface area contributed by atoms with Crippen LogP contribution in [-0.2, 0) is 14.8 Å². The third kappa shape index (κ3) is 4.78. The van der Waals surface area contributed by atoms with E-state index in [1.54, 1.807) is 29.2 Å². The molecular weight excluding hydrogens is 433 g/mol. The van der Waals surface area contributed by atoms with Gasteiger partial charge in [0.15, 0.2) is 0 Å². The number of hydrogen-bond acceptors (Lipinski definition) is 4. The zero-order valence-corrected chi connectivity index (χ0v) is 17.7. The molecule has 3 aromatic carbocycles. The normalized spacial score (nSPS) is 13.8. The minimum Gasteiger partial charge on any atom is -0.322 e. The van der Waals surface area contributed by atoms with Crippen LogP contribution in [0.25, 0.3) is 0 Å². The maximum atomic E-state index is 13.0. The first-order valence-corrected chi connectivity index (χ1v) is 11.4. The van der Waals surface area contributed by atoms with Gasteiger partial charge >= 0.3 is 0 Å².